The Labute approximate surface area is 150 Å². The van der Waals surface area contributed by atoms with Gasteiger partial charge in [-0.15, -0.1) is 12.4 Å². The summed E-state index contributed by atoms with van der Waals surface area (Å²) < 4.78 is 0. The Morgan fingerprint density at radius 2 is 1.71 bits per heavy atom. The highest BCUT2D eigenvalue weighted by molar-refractivity contribution is 5.85. The predicted octanol–water partition coefficient (Wildman–Crippen LogP) is 1.14. The van der Waals surface area contributed by atoms with Gasteiger partial charge in [0.05, 0.1) is 0 Å². The van der Waals surface area contributed by atoms with E-state index in [9.17, 15) is 10.2 Å². The second kappa shape index (κ2) is 9.53. The van der Waals surface area contributed by atoms with E-state index in [2.05, 4.69) is 20.9 Å². The molecule has 2 unspecified atom stereocenters. The second-order valence-electron chi connectivity index (χ2n) is 6.50. The van der Waals surface area contributed by atoms with Gasteiger partial charge in [0.15, 0.2) is 0 Å². The zero-order valence-electron chi connectivity index (χ0n) is 14.1. The van der Waals surface area contributed by atoms with Crippen LogP contribution < -0.4 is 4.90 Å². The molecule has 2 saturated heterocycles. The standard InChI is InChI=1S/C17H28N4O2.ClH/c22-16-6-3-7-17(23)21(16)10-4-9-19-11-13-20(14-12-19)15-5-1-2-8-18-15;/h1-2,5,8,16-17,22-23H,3-4,6-7,9-14H2;1H. The first-order valence-corrected chi connectivity index (χ1v) is 8.74. The molecular formula is C17H29ClN4O2. The fourth-order valence-electron chi connectivity index (χ4n) is 3.53. The summed E-state index contributed by atoms with van der Waals surface area (Å²) in [6, 6.07) is 6.04. The molecule has 136 valence electrons. The third kappa shape index (κ3) is 5.04. The first kappa shape index (κ1) is 19.4. The number of aliphatic hydroxyl groups is 2. The molecule has 3 heterocycles. The van der Waals surface area contributed by atoms with Crippen LogP contribution in [0.2, 0.25) is 0 Å². The van der Waals surface area contributed by atoms with Gasteiger partial charge in [0.25, 0.3) is 0 Å². The lowest BCUT2D eigenvalue weighted by Gasteiger charge is -2.38. The third-order valence-electron chi connectivity index (χ3n) is 4.93. The SMILES string of the molecule is Cl.OC1CCCC(O)N1CCCN1CCN(c2ccccn2)CC1. The molecule has 0 aliphatic carbocycles. The van der Waals surface area contributed by atoms with E-state index < -0.39 is 12.5 Å². The predicted molar refractivity (Wildman–Crippen MR) is 97.3 cm³/mol. The van der Waals surface area contributed by atoms with E-state index in [1.54, 1.807) is 0 Å². The summed E-state index contributed by atoms with van der Waals surface area (Å²) in [5, 5.41) is 20.0. The van der Waals surface area contributed by atoms with Crippen LogP contribution in [0.25, 0.3) is 0 Å². The number of halogens is 1. The number of aliphatic hydroxyl groups excluding tert-OH is 2. The minimum absolute atomic E-state index is 0. The summed E-state index contributed by atoms with van der Waals surface area (Å²) in [7, 11) is 0. The van der Waals surface area contributed by atoms with Crippen LogP contribution in [0, 0.1) is 0 Å². The minimum Gasteiger partial charge on any atom is -0.378 e. The lowest BCUT2D eigenvalue weighted by molar-refractivity contribution is -0.131. The van der Waals surface area contributed by atoms with Gasteiger partial charge in [0, 0.05) is 38.9 Å². The van der Waals surface area contributed by atoms with Gasteiger partial charge < -0.3 is 15.1 Å². The number of nitrogens with zero attached hydrogens (tertiary/aromatic N) is 4. The van der Waals surface area contributed by atoms with Gasteiger partial charge in [-0.2, -0.15) is 0 Å². The molecule has 0 radical (unpaired) electrons. The van der Waals surface area contributed by atoms with Crippen LogP contribution in [0.4, 0.5) is 5.82 Å². The number of likely N-dealkylation sites (tertiary alicyclic amines) is 1. The Kier molecular flexibility index (Phi) is 7.71. The number of piperazine rings is 1. The zero-order valence-corrected chi connectivity index (χ0v) is 14.9. The molecule has 3 rings (SSSR count). The van der Waals surface area contributed by atoms with E-state index in [-0.39, 0.29) is 12.4 Å². The Bertz CT molecular complexity index is 461. The van der Waals surface area contributed by atoms with Crippen molar-refractivity contribution in [3.63, 3.8) is 0 Å². The van der Waals surface area contributed by atoms with E-state index in [1.807, 2.05) is 23.2 Å². The van der Waals surface area contributed by atoms with Gasteiger partial charge in [-0.25, -0.2) is 4.98 Å². The van der Waals surface area contributed by atoms with Gasteiger partial charge in [-0.05, 0) is 44.4 Å². The Hall–Kier alpha value is -0.920. The normalized spacial score (nSPS) is 26.2. The van der Waals surface area contributed by atoms with E-state index in [4.69, 9.17) is 0 Å². The average Bonchev–Trinajstić information content (AvgIpc) is 2.59. The molecule has 2 aliphatic rings. The van der Waals surface area contributed by atoms with Gasteiger partial charge in [-0.3, -0.25) is 9.80 Å². The molecular weight excluding hydrogens is 328 g/mol. The number of rotatable bonds is 5. The molecule has 0 saturated carbocycles. The Morgan fingerprint density at radius 1 is 1.00 bits per heavy atom. The second-order valence-corrected chi connectivity index (χ2v) is 6.50. The fourth-order valence-corrected chi connectivity index (χ4v) is 3.53. The topological polar surface area (TPSA) is 63.1 Å². The molecule has 1 aromatic rings. The summed E-state index contributed by atoms with van der Waals surface area (Å²) in [5.74, 6) is 1.06. The van der Waals surface area contributed by atoms with Crippen molar-refractivity contribution in [2.45, 2.75) is 38.1 Å². The van der Waals surface area contributed by atoms with Crippen molar-refractivity contribution in [2.75, 3.05) is 44.2 Å². The molecule has 0 aromatic carbocycles. The summed E-state index contributed by atoms with van der Waals surface area (Å²) in [4.78, 5) is 11.0. The van der Waals surface area contributed by atoms with Crippen LogP contribution in [0.1, 0.15) is 25.7 Å². The molecule has 0 bridgehead atoms. The number of piperidine rings is 1. The summed E-state index contributed by atoms with van der Waals surface area (Å²) in [6.45, 7) is 5.89. The molecule has 2 N–H and O–H groups in total. The maximum atomic E-state index is 9.98. The van der Waals surface area contributed by atoms with Crippen LogP contribution >= 0.6 is 12.4 Å². The van der Waals surface area contributed by atoms with Crippen molar-refractivity contribution in [1.29, 1.82) is 0 Å². The van der Waals surface area contributed by atoms with Crippen LogP contribution in [0.15, 0.2) is 24.4 Å². The maximum Gasteiger partial charge on any atom is 0.128 e. The lowest BCUT2D eigenvalue weighted by atomic mass is 10.1. The van der Waals surface area contributed by atoms with Crippen molar-refractivity contribution in [3.8, 4) is 0 Å². The van der Waals surface area contributed by atoms with Gasteiger partial charge in [0.2, 0.25) is 0 Å². The summed E-state index contributed by atoms with van der Waals surface area (Å²) >= 11 is 0. The molecule has 2 atom stereocenters. The van der Waals surface area contributed by atoms with Crippen LogP contribution in [0.5, 0.6) is 0 Å². The average molecular weight is 357 g/mol. The fraction of sp³-hybridized carbons (Fsp3) is 0.706. The van der Waals surface area contributed by atoms with Crippen molar-refractivity contribution < 1.29 is 10.2 Å². The number of anilines is 1. The highest BCUT2D eigenvalue weighted by Crippen LogP contribution is 2.20. The first-order chi connectivity index (χ1) is 11.2. The molecule has 0 amide bonds. The highest BCUT2D eigenvalue weighted by Gasteiger charge is 2.27. The minimum atomic E-state index is -0.472. The zero-order chi connectivity index (χ0) is 16.1. The quantitative estimate of drug-likeness (QED) is 0.825. The van der Waals surface area contributed by atoms with Crippen LogP contribution in [0.3, 0.4) is 0 Å². The molecule has 7 heteroatoms. The first-order valence-electron chi connectivity index (χ1n) is 8.74. The Balaban J connectivity index is 0.00000208. The highest BCUT2D eigenvalue weighted by atomic mass is 35.5. The Morgan fingerprint density at radius 3 is 2.33 bits per heavy atom. The van der Waals surface area contributed by atoms with E-state index >= 15 is 0 Å². The van der Waals surface area contributed by atoms with Crippen molar-refractivity contribution in [3.05, 3.63) is 24.4 Å². The summed E-state index contributed by atoms with van der Waals surface area (Å²) in [6.07, 6.45) is 4.35. The largest absolute Gasteiger partial charge is 0.378 e. The molecule has 2 aliphatic heterocycles. The molecule has 1 aromatic heterocycles. The van der Waals surface area contributed by atoms with Gasteiger partial charge in [0.1, 0.15) is 18.3 Å². The maximum absolute atomic E-state index is 9.98. The molecule has 2 fully saturated rings. The molecule has 6 nitrogen and oxygen atoms in total. The van der Waals surface area contributed by atoms with Crippen molar-refractivity contribution in [2.24, 2.45) is 0 Å². The summed E-state index contributed by atoms with van der Waals surface area (Å²) in [5.41, 5.74) is 0. The van der Waals surface area contributed by atoms with Crippen LogP contribution in [-0.2, 0) is 0 Å². The monoisotopic (exact) mass is 356 g/mol. The number of aromatic nitrogens is 1. The smallest absolute Gasteiger partial charge is 0.128 e. The van der Waals surface area contributed by atoms with Gasteiger partial charge in [-0.1, -0.05) is 6.07 Å². The van der Waals surface area contributed by atoms with Gasteiger partial charge >= 0.3 is 0 Å². The van der Waals surface area contributed by atoms with Crippen molar-refractivity contribution in [1.82, 2.24) is 14.8 Å². The van der Waals surface area contributed by atoms with E-state index in [0.29, 0.717) is 0 Å². The molecule has 0 spiro atoms. The van der Waals surface area contributed by atoms with E-state index in [1.165, 1.54) is 0 Å². The molecule has 24 heavy (non-hydrogen) atoms. The third-order valence-corrected chi connectivity index (χ3v) is 4.93. The lowest BCUT2D eigenvalue weighted by Crippen LogP contribution is -2.49. The van der Waals surface area contributed by atoms with Crippen LogP contribution in [-0.4, -0.2) is 76.7 Å². The van der Waals surface area contributed by atoms with Crippen molar-refractivity contribution >= 4 is 18.2 Å². The number of hydrogen-bond donors (Lipinski definition) is 2. The number of hydrogen-bond acceptors (Lipinski definition) is 6. The number of pyridine rings is 1. The van der Waals surface area contributed by atoms with E-state index in [0.717, 1.165) is 70.8 Å².